The Morgan fingerprint density at radius 1 is 0.669 bits per heavy atom. The van der Waals surface area contributed by atoms with Crippen molar-refractivity contribution in [3.8, 4) is 68.2 Å². The number of nitrogens with two attached hydrogens (primary N) is 2. The van der Waals surface area contributed by atoms with Crippen LogP contribution < -0.4 is 68.2 Å². The summed E-state index contributed by atoms with van der Waals surface area (Å²) < 4.78 is 46.9. The third-order valence-electron chi connectivity index (χ3n) is 23.1. The van der Waals surface area contributed by atoms with Gasteiger partial charge in [-0.1, -0.05) is 126 Å². The third kappa shape index (κ3) is 19.7. The van der Waals surface area contributed by atoms with Crippen molar-refractivity contribution in [3.05, 3.63) is 176 Å². The van der Waals surface area contributed by atoms with E-state index in [2.05, 4.69) is 65.1 Å². The molecule has 8 aliphatic heterocycles. The summed E-state index contributed by atoms with van der Waals surface area (Å²) in [6.07, 6.45) is -18.4. The van der Waals surface area contributed by atoms with Crippen molar-refractivity contribution in [1.29, 1.82) is 0 Å². The number of hydrogen-bond donors (Lipinski definition) is 19. The fraction of sp³-hybridized carbons (Fsp3) is 0.419. The minimum absolute atomic E-state index is 0.00551. The predicted molar refractivity (Wildman–Crippen MR) is 456 cm³/mol. The van der Waals surface area contributed by atoms with Crippen molar-refractivity contribution in [2.45, 2.75) is 204 Å². The summed E-state index contributed by atoms with van der Waals surface area (Å²) in [6.45, 7) is 9.81. The third-order valence-corrected chi connectivity index (χ3v) is 26.4. The van der Waals surface area contributed by atoms with Crippen molar-refractivity contribution in [2.24, 2.45) is 17.4 Å². The number of ether oxygens (including phenoxy) is 7. The number of nitrogens with one attached hydrogen (secondary N) is 8. The van der Waals surface area contributed by atoms with Crippen LogP contribution >= 0.6 is 57.4 Å². The van der Waals surface area contributed by atoms with Gasteiger partial charge in [-0.2, -0.15) is 0 Å². The molecule has 7 aromatic rings. The SMILES string of the molecule is CN[C@H](CC(C)C)C(=O)N[C@H]1C(=O)N[C@@H](CC(N)=O)C(=O)N[C@H]2C(=O)N[C@H]3C(=O)N[C@H](C(=O)N[C@H](C(=O)O)c4cc(O)cc(O)c4-c4cc3ccc4O)[C@H](C3C[C@](C)(N)[C@@H](O)[C@H](C)O3)c3ccc(c(Cl)c3)Oc3cc2cc(c3O[C@@H]2O[C@H](CO)[C@@H](O)[C@H](O)[C@H]2O[C@H]2C[C@](C)(NCc3ccc(-c4ccc(Cl)cc4)cc3)[C@@H](I)[C@H](C)O2)Oc2ccc(cc2Cl)[C@H]1O. The van der Waals surface area contributed by atoms with E-state index in [0.29, 0.717) is 11.6 Å². The maximum absolute atomic E-state index is 16.6. The number of carboxylic acids is 1. The first-order valence-electron chi connectivity index (χ1n) is 39.9. The number of carboxylic acid groups (broad SMARTS) is 1. The molecule has 11 bridgehead atoms. The summed E-state index contributed by atoms with van der Waals surface area (Å²) in [5.74, 6) is -17.2. The van der Waals surface area contributed by atoms with Crippen LogP contribution in [0.5, 0.6) is 46.0 Å². The van der Waals surface area contributed by atoms with E-state index in [1.807, 2.05) is 64.1 Å². The quantitative estimate of drug-likeness (QED) is 0.0345. The molecule has 1 unspecified atom stereocenters. The highest BCUT2D eigenvalue weighted by molar-refractivity contribution is 14.1. The highest BCUT2D eigenvalue weighted by Crippen LogP contribution is 2.51. The van der Waals surface area contributed by atoms with E-state index >= 15 is 24.0 Å². The van der Waals surface area contributed by atoms with Gasteiger partial charge in [0.05, 0.1) is 57.5 Å². The number of carbonyl (C=O) groups excluding carboxylic acids is 7. The second-order valence-electron chi connectivity index (χ2n) is 32.8. The normalized spacial score (nSPS) is 29.9. The number of hydrogen-bond acceptors (Lipinski definition) is 26. The molecule has 3 saturated heterocycles. The molecule has 34 nitrogen and oxygen atoms in total. The van der Waals surface area contributed by atoms with Gasteiger partial charge in [-0.15, -0.1) is 0 Å². The maximum atomic E-state index is 16.6. The number of likely N-dealkylation sites (N-methyl/N-ethyl adjacent to an activating group) is 1. The van der Waals surface area contributed by atoms with Gasteiger partial charge in [-0.05, 0) is 159 Å². The van der Waals surface area contributed by atoms with Crippen LogP contribution in [0.25, 0.3) is 22.3 Å². The van der Waals surface area contributed by atoms with Crippen LogP contribution in [0.4, 0.5) is 0 Å². The van der Waals surface area contributed by atoms with Gasteiger partial charge in [0.1, 0.15) is 83.4 Å². The van der Waals surface area contributed by atoms with Crippen molar-refractivity contribution in [1.82, 2.24) is 42.5 Å². The van der Waals surface area contributed by atoms with Crippen LogP contribution in [0, 0.1) is 5.92 Å². The second kappa shape index (κ2) is 37.8. The number of alkyl halides is 1. The highest BCUT2D eigenvalue weighted by atomic mass is 127. The smallest absolute Gasteiger partial charge is 0.330 e. The number of carbonyl (C=O) groups is 8. The summed E-state index contributed by atoms with van der Waals surface area (Å²) in [5.41, 5.74) is 10.7. The Morgan fingerprint density at radius 2 is 1.28 bits per heavy atom. The number of aromatic hydroxyl groups is 3. The number of halogens is 4. The Morgan fingerprint density at radius 3 is 1.90 bits per heavy atom. The number of primary amides is 1. The van der Waals surface area contributed by atoms with Gasteiger partial charge >= 0.3 is 5.97 Å². The molecule has 0 saturated carbocycles. The zero-order chi connectivity index (χ0) is 89.6. The van der Waals surface area contributed by atoms with E-state index < -0.39 is 244 Å². The molecule has 0 aromatic heterocycles. The molecule has 3 fully saturated rings. The van der Waals surface area contributed by atoms with Gasteiger partial charge in [0, 0.05) is 57.7 Å². The van der Waals surface area contributed by atoms with E-state index in [9.17, 15) is 60.3 Å². The van der Waals surface area contributed by atoms with Crippen LogP contribution in [0.1, 0.15) is 131 Å². The second-order valence-corrected chi connectivity index (χ2v) is 35.3. The fourth-order valence-electron chi connectivity index (χ4n) is 16.6. The molecule has 8 aliphatic rings. The lowest BCUT2D eigenvalue weighted by atomic mass is 9.75. The molecule has 7 aromatic carbocycles. The van der Waals surface area contributed by atoms with Gasteiger partial charge in [0.2, 0.25) is 53.4 Å². The molecule has 124 heavy (non-hydrogen) atoms. The Hall–Kier alpha value is -9.78. The molecule has 0 aliphatic carbocycles. The summed E-state index contributed by atoms with van der Waals surface area (Å²) in [6, 6.07) is 15.8. The number of aliphatic carboxylic acids is 1. The number of fused-ring (bicyclic) bond motifs is 15. The summed E-state index contributed by atoms with van der Waals surface area (Å²) >= 11 is 23.2. The van der Waals surface area contributed by atoms with Gasteiger partial charge in [-0.3, -0.25) is 33.6 Å². The molecule has 662 valence electrons. The van der Waals surface area contributed by atoms with E-state index in [-0.39, 0.29) is 67.3 Å². The van der Waals surface area contributed by atoms with Crippen molar-refractivity contribution in [3.63, 3.8) is 0 Å². The number of aliphatic hydroxyl groups is 5. The Balaban J connectivity index is 1.02. The monoisotopic (exact) mass is 1880 g/mol. The largest absolute Gasteiger partial charge is 0.508 e. The van der Waals surface area contributed by atoms with Crippen LogP contribution in [0.3, 0.4) is 0 Å². The Bertz CT molecular complexity index is 5240. The van der Waals surface area contributed by atoms with Gasteiger partial charge in [-0.25, -0.2) is 4.79 Å². The number of amides is 7. The van der Waals surface area contributed by atoms with E-state index in [1.165, 1.54) is 57.3 Å². The van der Waals surface area contributed by atoms with Crippen LogP contribution in [0.2, 0.25) is 15.1 Å². The first kappa shape index (κ1) is 91.9. The standard InChI is InChI=1S/C86H96Cl3IN10O24/c1-35(2)22-51(93-7)77(110)100-69-70(106)43-16-21-56(50(89)25-43)121-58-27-44-26-57(73(58)124-84-74(72(108)71(107)60(34-101)122-84)123-62-32-86(6,75(90)36(3)119-62)94-33-38-8-10-39(11-9-38)40-12-17-45(87)18-13-40)120-55-20-15-41(24-49(55)88)63(59-31-85(5,92)76(109)37(4)118-59)68-81(114)98-67(83(116)117)48-28-46(102)29-54(104)64(48)47-23-42(14-19-53(47)103)65(79(112)99-68)97-80(113)66(44)96-78(111)52(30-61(91)105)95-82(69)115/h8-21,23-29,35-37,51-52,59-60,62-63,65-72,74-76,84,93-94,101-104,106-109H,22,30-34,92H2,1-7H3,(H2,91,105)(H,95,115)(H,96,111)(H,97,113)(H,98,114)(H,99,112)(H,100,110)(H,116,117)/t36-,37-,51+,52-,59?,60+,62-,63-,65+,66+,67-,68-,69+,70+,71+,72-,74+,75-,76-,84-,85-,86-/m0/s1. The molecular formula is C86H96Cl3IN10O24. The number of aliphatic hydroxyl groups excluding tert-OH is 5. The van der Waals surface area contributed by atoms with E-state index in [1.54, 1.807) is 12.1 Å². The first-order valence-corrected chi connectivity index (χ1v) is 42.3. The Kier molecular flexibility index (Phi) is 28.0. The topological polar surface area (TPSA) is 532 Å². The fourth-order valence-corrected chi connectivity index (χ4v) is 17.8. The zero-order valence-electron chi connectivity index (χ0n) is 67.8. The molecule has 21 N–H and O–H groups in total. The highest BCUT2D eigenvalue weighted by Gasteiger charge is 2.54. The number of benzene rings is 7. The summed E-state index contributed by atoms with van der Waals surface area (Å²) in [5, 5.41) is 127. The molecule has 8 heterocycles. The van der Waals surface area contributed by atoms with E-state index in [4.69, 9.17) is 79.4 Å². The lowest BCUT2D eigenvalue weighted by molar-refractivity contribution is -0.327. The lowest BCUT2D eigenvalue weighted by Gasteiger charge is -2.48. The zero-order valence-corrected chi connectivity index (χ0v) is 72.2. The molecule has 38 heteroatoms. The summed E-state index contributed by atoms with van der Waals surface area (Å²) in [4.78, 5) is 121. The van der Waals surface area contributed by atoms with Gasteiger partial charge in [0.25, 0.3) is 0 Å². The predicted octanol–water partition coefficient (Wildman–Crippen LogP) is 6.01. The average Bonchev–Trinajstić information content (AvgIpc) is 0.754. The van der Waals surface area contributed by atoms with Crippen molar-refractivity contribution in [2.75, 3.05) is 13.7 Å². The first-order chi connectivity index (χ1) is 58.7. The van der Waals surface area contributed by atoms with Gasteiger partial charge in [0.15, 0.2) is 29.9 Å². The van der Waals surface area contributed by atoms with Crippen LogP contribution in [-0.4, -0.2) is 208 Å². The molecule has 0 radical (unpaired) electrons. The molecule has 7 amide bonds. The Labute approximate surface area is 739 Å². The number of phenols is 3. The van der Waals surface area contributed by atoms with Crippen molar-refractivity contribution >= 4 is 105 Å². The van der Waals surface area contributed by atoms with Crippen molar-refractivity contribution < 1.29 is 117 Å². The lowest BCUT2D eigenvalue weighted by Crippen LogP contribution is -2.64. The minimum atomic E-state index is -2.36. The van der Waals surface area contributed by atoms with Gasteiger partial charge < -0.3 is 133 Å². The van der Waals surface area contributed by atoms with E-state index in [0.717, 1.165) is 59.2 Å². The van der Waals surface area contributed by atoms with Crippen LogP contribution in [0.15, 0.2) is 127 Å². The molecule has 22 atom stereocenters. The van der Waals surface area contributed by atoms with Crippen LogP contribution in [-0.2, 0) is 63.8 Å². The molecular weight excluding hydrogens is 1790 g/mol. The minimum Gasteiger partial charge on any atom is -0.508 e. The summed E-state index contributed by atoms with van der Waals surface area (Å²) in [7, 11) is 1.49. The average molecular weight is 1890 g/mol. The molecule has 0 spiro atoms. The molecule has 15 rings (SSSR count). The maximum Gasteiger partial charge on any atom is 0.330 e. The number of phenolic OH excluding ortho intramolecular Hbond substituents is 3. The number of rotatable bonds is 18.